The maximum absolute atomic E-state index is 12.4. The Morgan fingerprint density at radius 2 is 1.66 bits per heavy atom. The Kier molecular flexibility index (Phi) is 6.16. The number of aryl methyl sites for hydroxylation is 1. The molecule has 29 heavy (non-hydrogen) atoms. The number of esters is 1. The van der Waals surface area contributed by atoms with E-state index >= 15 is 0 Å². The van der Waals surface area contributed by atoms with Crippen molar-refractivity contribution in [2.75, 3.05) is 19.8 Å². The van der Waals surface area contributed by atoms with Crippen molar-refractivity contribution in [1.82, 2.24) is 0 Å². The Morgan fingerprint density at radius 1 is 0.966 bits per heavy atom. The zero-order valence-corrected chi connectivity index (χ0v) is 17.7. The number of benzene rings is 2. The zero-order valence-electron chi connectivity index (χ0n) is 17.7. The van der Waals surface area contributed by atoms with Gasteiger partial charge in [-0.05, 0) is 55.2 Å². The fourth-order valence-corrected chi connectivity index (χ4v) is 3.06. The summed E-state index contributed by atoms with van der Waals surface area (Å²) in [6.07, 6.45) is 0. The van der Waals surface area contributed by atoms with Crippen LogP contribution in [-0.2, 0) is 10.2 Å². The van der Waals surface area contributed by atoms with E-state index in [1.54, 1.807) is 6.07 Å². The SMILES string of the molecule is CCOc1ccc2oc(C(=O)OCCOc3ccc(C(C)(C)C)cc3)c(C)c2c1. The van der Waals surface area contributed by atoms with E-state index in [9.17, 15) is 4.79 Å². The predicted octanol–water partition coefficient (Wildman–Crippen LogP) is 5.67. The van der Waals surface area contributed by atoms with Gasteiger partial charge in [0.1, 0.15) is 30.3 Å². The summed E-state index contributed by atoms with van der Waals surface area (Å²) in [5.41, 5.74) is 2.71. The molecule has 0 saturated carbocycles. The first-order chi connectivity index (χ1) is 13.8. The minimum Gasteiger partial charge on any atom is -0.494 e. The molecule has 3 aromatic rings. The van der Waals surface area contributed by atoms with Crippen LogP contribution in [0.25, 0.3) is 11.0 Å². The first-order valence-corrected chi connectivity index (χ1v) is 9.86. The van der Waals surface area contributed by atoms with E-state index in [-0.39, 0.29) is 24.4 Å². The molecule has 0 saturated heterocycles. The molecule has 0 amide bonds. The third-order valence-corrected chi connectivity index (χ3v) is 4.71. The Hall–Kier alpha value is -2.95. The van der Waals surface area contributed by atoms with Gasteiger partial charge in [0.05, 0.1) is 6.61 Å². The fraction of sp³-hybridized carbons (Fsp3) is 0.375. The van der Waals surface area contributed by atoms with E-state index in [1.807, 2.05) is 38.1 Å². The van der Waals surface area contributed by atoms with Gasteiger partial charge in [0.2, 0.25) is 5.76 Å². The first-order valence-electron chi connectivity index (χ1n) is 9.86. The highest BCUT2D eigenvalue weighted by atomic mass is 16.6. The normalized spacial score (nSPS) is 11.5. The molecule has 154 valence electrons. The molecule has 0 aliphatic carbocycles. The summed E-state index contributed by atoms with van der Waals surface area (Å²) in [5.74, 6) is 1.21. The third kappa shape index (κ3) is 4.91. The molecule has 0 radical (unpaired) electrons. The third-order valence-electron chi connectivity index (χ3n) is 4.71. The smallest absolute Gasteiger partial charge is 0.374 e. The molecule has 5 heteroatoms. The number of rotatable bonds is 7. The molecule has 1 aromatic heterocycles. The minimum absolute atomic E-state index is 0.0991. The van der Waals surface area contributed by atoms with E-state index < -0.39 is 5.97 Å². The predicted molar refractivity (Wildman–Crippen MR) is 113 cm³/mol. The van der Waals surface area contributed by atoms with Crippen LogP contribution in [-0.4, -0.2) is 25.8 Å². The van der Waals surface area contributed by atoms with Gasteiger partial charge in [-0.15, -0.1) is 0 Å². The van der Waals surface area contributed by atoms with Crippen LogP contribution in [0.3, 0.4) is 0 Å². The summed E-state index contributed by atoms with van der Waals surface area (Å²) >= 11 is 0. The second kappa shape index (κ2) is 8.60. The van der Waals surface area contributed by atoms with Crippen LogP contribution in [0.5, 0.6) is 11.5 Å². The van der Waals surface area contributed by atoms with Crippen molar-refractivity contribution in [3.8, 4) is 11.5 Å². The van der Waals surface area contributed by atoms with E-state index in [0.29, 0.717) is 12.2 Å². The van der Waals surface area contributed by atoms with Crippen molar-refractivity contribution >= 4 is 16.9 Å². The van der Waals surface area contributed by atoms with Crippen molar-refractivity contribution in [3.63, 3.8) is 0 Å². The van der Waals surface area contributed by atoms with Gasteiger partial charge in [-0.25, -0.2) is 4.79 Å². The summed E-state index contributed by atoms with van der Waals surface area (Å²) in [5, 5.41) is 0.845. The molecule has 0 aliphatic heterocycles. The van der Waals surface area contributed by atoms with E-state index in [2.05, 4.69) is 32.9 Å². The van der Waals surface area contributed by atoms with Gasteiger partial charge >= 0.3 is 5.97 Å². The van der Waals surface area contributed by atoms with Crippen LogP contribution >= 0.6 is 0 Å². The summed E-state index contributed by atoms with van der Waals surface area (Å²) in [4.78, 5) is 12.4. The van der Waals surface area contributed by atoms with Gasteiger partial charge < -0.3 is 18.6 Å². The molecule has 0 unspecified atom stereocenters. The number of carbonyl (C=O) groups is 1. The molecular weight excluding hydrogens is 368 g/mol. The Balaban J connectivity index is 1.56. The second-order valence-electron chi connectivity index (χ2n) is 7.91. The summed E-state index contributed by atoms with van der Waals surface area (Å²) in [6, 6.07) is 13.5. The van der Waals surface area contributed by atoms with Gasteiger partial charge in [0, 0.05) is 10.9 Å². The Bertz CT molecular complexity index is 977. The van der Waals surface area contributed by atoms with Crippen molar-refractivity contribution in [1.29, 1.82) is 0 Å². The lowest BCUT2D eigenvalue weighted by Gasteiger charge is -2.19. The van der Waals surface area contributed by atoms with Gasteiger partial charge in [-0.2, -0.15) is 0 Å². The molecule has 0 atom stereocenters. The number of hydrogen-bond acceptors (Lipinski definition) is 5. The highest BCUT2D eigenvalue weighted by Crippen LogP contribution is 2.29. The van der Waals surface area contributed by atoms with Crippen LogP contribution in [0.1, 0.15) is 49.4 Å². The highest BCUT2D eigenvalue weighted by Gasteiger charge is 2.19. The molecule has 0 bridgehead atoms. The van der Waals surface area contributed by atoms with Gasteiger partial charge in [0.15, 0.2) is 0 Å². The van der Waals surface area contributed by atoms with Crippen LogP contribution < -0.4 is 9.47 Å². The molecule has 0 fully saturated rings. The number of fused-ring (bicyclic) bond motifs is 1. The van der Waals surface area contributed by atoms with Crippen molar-refractivity contribution < 1.29 is 23.4 Å². The molecule has 0 spiro atoms. The highest BCUT2D eigenvalue weighted by molar-refractivity contribution is 5.96. The molecule has 5 nitrogen and oxygen atoms in total. The Morgan fingerprint density at radius 3 is 2.31 bits per heavy atom. The fourth-order valence-electron chi connectivity index (χ4n) is 3.06. The monoisotopic (exact) mass is 396 g/mol. The van der Waals surface area contributed by atoms with E-state index in [4.69, 9.17) is 18.6 Å². The van der Waals surface area contributed by atoms with E-state index in [1.165, 1.54) is 5.56 Å². The Labute approximate surface area is 171 Å². The van der Waals surface area contributed by atoms with Crippen LogP contribution in [0.4, 0.5) is 0 Å². The maximum Gasteiger partial charge on any atom is 0.374 e. The molecule has 1 heterocycles. The largest absolute Gasteiger partial charge is 0.494 e. The van der Waals surface area contributed by atoms with Gasteiger partial charge in [0.25, 0.3) is 0 Å². The van der Waals surface area contributed by atoms with Crippen LogP contribution in [0.2, 0.25) is 0 Å². The lowest BCUT2D eigenvalue weighted by atomic mass is 9.87. The maximum atomic E-state index is 12.4. The zero-order chi connectivity index (χ0) is 21.0. The molecule has 0 N–H and O–H groups in total. The molecule has 0 aliphatic rings. The number of carbonyl (C=O) groups excluding carboxylic acids is 1. The quantitative estimate of drug-likeness (QED) is 0.380. The van der Waals surface area contributed by atoms with Gasteiger partial charge in [-0.3, -0.25) is 0 Å². The van der Waals surface area contributed by atoms with E-state index in [0.717, 1.165) is 22.4 Å². The number of ether oxygens (including phenoxy) is 3. The molecular formula is C24H28O5. The lowest BCUT2D eigenvalue weighted by molar-refractivity contribution is 0.0416. The minimum atomic E-state index is -0.497. The topological polar surface area (TPSA) is 57.9 Å². The van der Waals surface area contributed by atoms with Gasteiger partial charge in [-0.1, -0.05) is 32.9 Å². The summed E-state index contributed by atoms with van der Waals surface area (Å²) in [6.45, 7) is 11.3. The number of furan rings is 1. The lowest BCUT2D eigenvalue weighted by Crippen LogP contribution is -2.13. The summed E-state index contributed by atoms with van der Waals surface area (Å²) < 4.78 is 22.2. The van der Waals surface area contributed by atoms with Crippen molar-refractivity contribution in [2.45, 2.75) is 40.0 Å². The standard InChI is InChI=1S/C24H28O5/c1-6-26-19-11-12-21-20(15-19)16(2)22(29-21)23(25)28-14-13-27-18-9-7-17(8-10-18)24(3,4)5/h7-12,15H,6,13-14H2,1-5H3. The second-order valence-corrected chi connectivity index (χ2v) is 7.91. The van der Waals surface area contributed by atoms with Crippen molar-refractivity contribution in [3.05, 3.63) is 59.4 Å². The average molecular weight is 396 g/mol. The summed E-state index contributed by atoms with van der Waals surface area (Å²) in [7, 11) is 0. The molecule has 3 rings (SSSR count). The first kappa shape index (κ1) is 20.8. The average Bonchev–Trinajstić information content (AvgIpc) is 3.01. The van der Waals surface area contributed by atoms with Crippen molar-refractivity contribution in [2.24, 2.45) is 0 Å². The van der Waals surface area contributed by atoms with Crippen LogP contribution in [0.15, 0.2) is 46.9 Å². The van der Waals surface area contributed by atoms with Crippen LogP contribution in [0, 0.1) is 6.92 Å². The molecule has 2 aromatic carbocycles. The number of hydrogen-bond donors (Lipinski definition) is 0.